The summed E-state index contributed by atoms with van der Waals surface area (Å²) in [6.45, 7) is 0. The lowest BCUT2D eigenvalue weighted by atomic mass is 10.2. The van der Waals surface area contributed by atoms with E-state index >= 15 is 0 Å². The number of hydrogen-bond acceptors (Lipinski definition) is 2. The van der Waals surface area contributed by atoms with Gasteiger partial charge in [0.05, 0.1) is 0 Å². The maximum Gasteiger partial charge on any atom is 0.122 e. The number of benzene rings is 1. The number of anilines is 1. The summed E-state index contributed by atoms with van der Waals surface area (Å²) < 4.78 is 0. The van der Waals surface area contributed by atoms with Crippen LogP contribution < -0.4 is 10.6 Å². The standard InChI is InChI=1S/C9H13N3/c1-12(2)8-5-3-7(4-6-8)9(10)11/h3-6H,1-2H3,(H3,10,11). The number of nitrogens with one attached hydrogen (secondary N) is 1. The van der Waals surface area contributed by atoms with Gasteiger partial charge in [-0.1, -0.05) is 0 Å². The molecule has 1 aromatic rings. The molecule has 0 amide bonds. The first-order valence-corrected chi connectivity index (χ1v) is 3.73. The van der Waals surface area contributed by atoms with Crippen molar-refractivity contribution >= 4 is 11.5 Å². The Morgan fingerprint density at radius 2 is 1.75 bits per heavy atom. The third kappa shape index (κ3) is 1.75. The van der Waals surface area contributed by atoms with Crippen molar-refractivity contribution in [3.8, 4) is 0 Å². The maximum absolute atomic E-state index is 7.18. The van der Waals surface area contributed by atoms with Gasteiger partial charge in [-0.25, -0.2) is 0 Å². The zero-order valence-electron chi connectivity index (χ0n) is 7.33. The maximum atomic E-state index is 7.18. The van der Waals surface area contributed by atoms with E-state index in [2.05, 4.69) is 0 Å². The van der Waals surface area contributed by atoms with Crippen molar-refractivity contribution in [2.24, 2.45) is 5.73 Å². The lowest BCUT2D eigenvalue weighted by molar-refractivity contribution is 1.13. The highest BCUT2D eigenvalue weighted by Gasteiger charge is 1.96. The number of nitrogens with two attached hydrogens (primary N) is 1. The van der Waals surface area contributed by atoms with Gasteiger partial charge in [0.25, 0.3) is 0 Å². The molecule has 0 heterocycles. The minimum absolute atomic E-state index is 0.111. The third-order valence-electron chi connectivity index (χ3n) is 1.69. The first-order valence-electron chi connectivity index (χ1n) is 3.73. The van der Waals surface area contributed by atoms with Gasteiger partial charge < -0.3 is 10.6 Å². The Morgan fingerprint density at radius 1 is 1.25 bits per heavy atom. The highest BCUT2D eigenvalue weighted by Crippen LogP contribution is 2.11. The number of amidine groups is 1. The molecule has 0 saturated heterocycles. The monoisotopic (exact) mass is 163 g/mol. The van der Waals surface area contributed by atoms with Crippen molar-refractivity contribution in [3.05, 3.63) is 29.8 Å². The second-order valence-corrected chi connectivity index (χ2v) is 2.85. The molecule has 0 atom stereocenters. The van der Waals surface area contributed by atoms with Crippen LogP contribution in [0.3, 0.4) is 0 Å². The fourth-order valence-corrected chi connectivity index (χ4v) is 0.939. The van der Waals surface area contributed by atoms with Crippen LogP contribution in [0.1, 0.15) is 5.56 Å². The first-order chi connectivity index (χ1) is 5.61. The molecule has 0 aliphatic carbocycles. The molecule has 1 aromatic carbocycles. The molecule has 12 heavy (non-hydrogen) atoms. The normalized spacial score (nSPS) is 9.50. The highest BCUT2D eigenvalue weighted by atomic mass is 15.1. The van der Waals surface area contributed by atoms with E-state index in [0.29, 0.717) is 0 Å². The zero-order chi connectivity index (χ0) is 9.14. The Bertz CT molecular complexity index is 274. The summed E-state index contributed by atoms with van der Waals surface area (Å²) in [6.07, 6.45) is 0. The van der Waals surface area contributed by atoms with Crippen LogP contribution in [0.5, 0.6) is 0 Å². The molecular weight excluding hydrogens is 150 g/mol. The van der Waals surface area contributed by atoms with Crippen molar-refractivity contribution in [1.82, 2.24) is 0 Å². The lowest BCUT2D eigenvalue weighted by Crippen LogP contribution is -2.12. The molecule has 0 saturated carbocycles. The van der Waals surface area contributed by atoms with E-state index in [1.54, 1.807) is 0 Å². The van der Waals surface area contributed by atoms with Crippen LogP contribution in [-0.4, -0.2) is 19.9 Å². The SMILES string of the molecule is CN(C)c1ccc(C(=N)N)cc1. The lowest BCUT2D eigenvalue weighted by Gasteiger charge is -2.12. The van der Waals surface area contributed by atoms with Gasteiger partial charge in [0.15, 0.2) is 0 Å². The van der Waals surface area contributed by atoms with Gasteiger partial charge >= 0.3 is 0 Å². The predicted octanol–water partition coefficient (Wildman–Crippen LogP) is 1.04. The van der Waals surface area contributed by atoms with Crippen LogP contribution in [-0.2, 0) is 0 Å². The molecule has 0 bridgehead atoms. The minimum atomic E-state index is 0.111. The van der Waals surface area contributed by atoms with Crippen LogP contribution in [0, 0.1) is 5.41 Å². The molecule has 0 aliphatic heterocycles. The molecule has 64 valence electrons. The van der Waals surface area contributed by atoms with Gasteiger partial charge in [0.2, 0.25) is 0 Å². The Hall–Kier alpha value is -1.51. The van der Waals surface area contributed by atoms with Crippen LogP contribution in [0.2, 0.25) is 0 Å². The molecule has 0 aliphatic rings. The van der Waals surface area contributed by atoms with Crippen molar-refractivity contribution in [2.75, 3.05) is 19.0 Å². The van der Waals surface area contributed by atoms with E-state index in [4.69, 9.17) is 11.1 Å². The molecule has 3 heteroatoms. The Labute approximate surface area is 72.3 Å². The summed E-state index contributed by atoms with van der Waals surface area (Å²) in [4.78, 5) is 2.00. The van der Waals surface area contributed by atoms with E-state index < -0.39 is 0 Å². The van der Waals surface area contributed by atoms with Crippen molar-refractivity contribution in [2.45, 2.75) is 0 Å². The first kappa shape index (κ1) is 8.59. The molecule has 0 unspecified atom stereocenters. The quantitative estimate of drug-likeness (QED) is 0.505. The van der Waals surface area contributed by atoms with Crippen LogP contribution in [0.4, 0.5) is 5.69 Å². The number of rotatable bonds is 2. The van der Waals surface area contributed by atoms with Gasteiger partial charge in [0, 0.05) is 25.3 Å². The van der Waals surface area contributed by atoms with Crippen molar-refractivity contribution < 1.29 is 0 Å². The van der Waals surface area contributed by atoms with Gasteiger partial charge in [-0.3, -0.25) is 5.41 Å². The predicted molar refractivity (Wildman–Crippen MR) is 51.8 cm³/mol. The summed E-state index contributed by atoms with van der Waals surface area (Å²) in [5.74, 6) is 0.111. The number of nitrogen functional groups attached to an aromatic ring is 1. The van der Waals surface area contributed by atoms with Crippen molar-refractivity contribution in [3.63, 3.8) is 0 Å². The Kier molecular flexibility index (Phi) is 2.33. The summed E-state index contributed by atoms with van der Waals surface area (Å²) in [5, 5.41) is 7.18. The molecule has 0 aromatic heterocycles. The van der Waals surface area contributed by atoms with Crippen LogP contribution in [0.25, 0.3) is 0 Å². The second-order valence-electron chi connectivity index (χ2n) is 2.85. The number of hydrogen-bond donors (Lipinski definition) is 2. The minimum Gasteiger partial charge on any atom is -0.384 e. The molecule has 0 fully saturated rings. The molecule has 0 radical (unpaired) electrons. The van der Waals surface area contributed by atoms with Gasteiger partial charge in [-0.05, 0) is 24.3 Å². The van der Waals surface area contributed by atoms with Crippen LogP contribution in [0.15, 0.2) is 24.3 Å². The largest absolute Gasteiger partial charge is 0.384 e. The molecule has 3 nitrogen and oxygen atoms in total. The summed E-state index contributed by atoms with van der Waals surface area (Å²) in [6, 6.07) is 7.57. The zero-order valence-corrected chi connectivity index (χ0v) is 7.33. The average molecular weight is 163 g/mol. The Balaban J connectivity index is 2.93. The topological polar surface area (TPSA) is 53.1 Å². The van der Waals surface area contributed by atoms with E-state index in [1.165, 1.54) is 0 Å². The molecule has 1 rings (SSSR count). The highest BCUT2D eigenvalue weighted by molar-refractivity contribution is 5.95. The molecule has 0 spiro atoms. The van der Waals surface area contributed by atoms with Gasteiger partial charge in [0.1, 0.15) is 5.84 Å². The number of nitrogens with zero attached hydrogens (tertiary/aromatic N) is 1. The smallest absolute Gasteiger partial charge is 0.122 e. The Morgan fingerprint density at radius 3 is 2.08 bits per heavy atom. The van der Waals surface area contributed by atoms with Gasteiger partial charge in [-0.15, -0.1) is 0 Å². The van der Waals surface area contributed by atoms with E-state index in [9.17, 15) is 0 Å². The average Bonchev–Trinajstić information content (AvgIpc) is 2.04. The fraction of sp³-hybridized carbons (Fsp3) is 0.222. The second kappa shape index (κ2) is 3.26. The summed E-state index contributed by atoms with van der Waals surface area (Å²) in [7, 11) is 3.95. The third-order valence-corrected chi connectivity index (χ3v) is 1.69. The van der Waals surface area contributed by atoms with Crippen LogP contribution >= 0.6 is 0 Å². The van der Waals surface area contributed by atoms with E-state index in [0.717, 1.165) is 11.3 Å². The fourth-order valence-electron chi connectivity index (χ4n) is 0.939. The molecular formula is C9H13N3. The molecule has 3 N–H and O–H groups in total. The van der Waals surface area contributed by atoms with E-state index in [1.807, 2.05) is 43.3 Å². The van der Waals surface area contributed by atoms with Gasteiger partial charge in [-0.2, -0.15) is 0 Å². The van der Waals surface area contributed by atoms with E-state index in [-0.39, 0.29) is 5.84 Å². The summed E-state index contributed by atoms with van der Waals surface area (Å²) in [5.41, 5.74) is 7.19. The summed E-state index contributed by atoms with van der Waals surface area (Å²) >= 11 is 0. The van der Waals surface area contributed by atoms with Crippen molar-refractivity contribution in [1.29, 1.82) is 5.41 Å².